The summed E-state index contributed by atoms with van der Waals surface area (Å²) in [5, 5.41) is 14.3. The first kappa shape index (κ1) is 14.7. The molecule has 4 nitrogen and oxygen atoms in total. The van der Waals surface area contributed by atoms with Gasteiger partial charge in [0.05, 0.1) is 4.92 Å². The molecule has 0 saturated carbocycles. The molecule has 0 bridgehead atoms. The van der Waals surface area contributed by atoms with E-state index in [0.717, 1.165) is 16.7 Å². The predicted octanol–water partition coefficient (Wildman–Crippen LogP) is 4.36. The lowest BCUT2D eigenvalue weighted by Gasteiger charge is -2.24. The van der Waals surface area contributed by atoms with Gasteiger partial charge in [-0.25, -0.2) is 0 Å². The van der Waals surface area contributed by atoms with Gasteiger partial charge in [0.25, 0.3) is 5.69 Å². The normalized spacial score (nSPS) is 22.5. The SMILES string of the molecule is Cc1cc(NCC2(C)CCCS2)c(Br)cc1[N+](=O)[O-]. The second kappa shape index (κ2) is 5.71. The molecule has 1 fully saturated rings. The van der Waals surface area contributed by atoms with Gasteiger partial charge in [0.1, 0.15) is 0 Å². The van der Waals surface area contributed by atoms with Crippen LogP contribution in [0.15, 0.2) is 16.6 Å². The maximum Gasteiger partial charge on any atom is 0.273 e. The second-order valence-corrected chi connectivity index (χ2v) is 7.67. The smallest absolute Gasteiger partial charge is 0.273 e. The number of aryl methyl sites for hydroxylation is 1. The molecule has 0 radical (unpaired) electrons. The van der Waals surface area contributed by atoms with Crippen molar-refractivity contribution in [2.45, 2.75) is 31.4 Å². The summed E-state index contributed by atoms with van der Waals surface area (Å²) < 4.78 is 1.02. The van der Waals surface area contributed by atoms with Crippen molar-refractivity contribution in [1.29, 1.82) is 0 Å². The van der Waals surface area contributed by atoms with Gasteiger partial charge in [-0.05, 0) is 54.4 Å². The summed E-state index contributed by atoms with van der Waals surface area (Å²) in [5.41, 5.74) is 1.76. The molecule has 19 heavy (non-hydrogen) atoms. The maximum atomic E-state index is 10.9. The van der Waals surface area contributed by atoms with Crippen LogP contribution < -0.4 is 5.32 Å². The molecule has 1 aromatic rings. The highest BCUT2D eigenvalue weighted by Gasteiger charge is 2.29. The Labute approximate surface area is 125 Å². The number of benzene rings is 1. The maximum absolute atomic E-state index is 10.9. The fourth-order valence-corrected chi connectivity index (χ4v) is 3.98. The summed E-state index contributed by atoms with van der Waals surface area (Å²) in [4.78, 5) is 10.5. The molecule has 1 unspecified atom stereocenters. The third-order valence-corrected chi connectivity index (χ3v) is 5.63. The van der Waals surface area contributed by atoms with E-state index < -0.39 is 0 Å². The van der Waals surface area contributed by atoms with E-state index in [0.29, 0.717) is 5.56 Å². The van der Waals surface area contributed by atoms with Crippen LogP contribution in [0, 0.1) is 17.0 Å². The zero-order valence-corrected chi connectivity index (χ0v) is 13.4. The van der Waals surface area contributed by atoms with E-state index in [1.807, 2.05) is 17.8 Å². The number of nitrogens with one attached hydrogen (secondary N) is 1. The average Bonchev–Trinajstić information content (AvgIpc) is 2.77. The Morgan fingerprint density at radius 3 is 2.89 bits per heavy atom. The molecule has 2 rings (SSSR count). The summed E-state index contributed by atoms with van der Waals surface area (Å²) in [6.45, 7) is 4.92. The summed E-state index contributed by atoms with van der Waals surface area (Å²) >= 11 is 5.40. The summed E-state index contributed by atoms with van der Waals surface area (Å²) in [6, 6.07) is 3.41. The highest BCUT2D eigenvalue weighted by atomic mass is 79.9. The minimum atomic E-state index is -0.349. The largest absolute Gasteiger partial charge is 0.383 e. The Balaban J connectivity index is 2.13. The highest BCUT2D eigenvalue weighted by molar-refractivity contribution is 9.10. The van der Waals surface area contributed by atoms with Crippen LogP contribution >= 0.6 is 27.7 Å². The Morgan fingerprint density at radius 1 is 1.58 bits per heavy atom. The standard InChI is InChI=1S/C13H17BrN2O2S/c1-9-6-11(10(14)7-12(9)16(17)18)15-8-13(2)4-3-5-19-13/h6-7,15H,3-5,8H2,1-2H3. The molecular formula is C13H17BrN2O2S. The van der Waals surface area contributed by atoms with Crippen LogP contribution in [0.4, 0.5) is 11.4 Å². The third-order valence-electron chi connectivity index (χ3n) is 3.44. The monoisotopic (exact) mass is 344 g/mol. The van der Waals surface area contributed by atoms with Crippen molar-refractivity contribution in [2.75, 3.05) is 17.6 Å². The van der Waals surface area contributed by atoms with Crippen molar-refractivity contribution in [2.24, 2.45) is 0 Å². The molecular weight excluding hydrogens is 328 g/mol. The highest BCUT2D eigenvalue weighted by Crippen LogP contribution is 2.38. The van der Waals surface area contributed by atoms with Gasteiger partial charge in [0, 0.05) is 33.1 Å². The van der Waals surface area contributed by atoms with Crippen LogP contribution in [0.5, 0.6) is 0 Å². The molecule has 1 atom stereocenters. The van der Waals surface area contributed by atoms with E-state index in [9.17, 15) is 10.1 Å². The van der Waals surface area contributed by atoms with E-state index in [4.69, 9.17) is 0 Å². The van der Waals surface area contributed by atoms with Gasteiger partial charge in [-0.3, -0.25) is 10.1 Å². The fourth-order valence-electron chi connectivity index (χ4n) is 2.26. The quantitative estimate of drug-likeness (QED) is 0.651. The van der Waals surface area contributed by atoms with E-state index in [-0.39, 0.29) is 15.4 Å². The number of hydrogen-bond acceptors (Lipinski definition) is 4. The van der Waals surface area contributed by atoms with Gasteiger partial charge < -0.3 is 5.32 Å². The fraction of sp³-hybridized carbons (Fsp3) is 0.538. The molecule has 1 N–H and O–H groups in total. The van der Waals surface area contributed by atoms with Gasteiger partial charge in [-0.15, -0.1) is 0 Å². The lowest BCUT2D eigenvalue weighted by atomic mass is 10.1. The molecule has 1 aromatic carbocycles. The van der Waals surface area contributed by atoms with E-state index >= 15 is 0 Å². The molecule has 104 valence electrons. The van der Waals surface area contributed by atoms with Crippen molar-refractivity contribution in [3.63, 3.8) is 0 Å². The lowest BCUT2D eigenvalue weighted by molar-refractivity contribution is -0.385. The Kier molecular flexibility index (Phi) is 4.40. The minimum absolute atomic E-state index is 0.152. The van der Waals surface area contributed by atoms with Crippen molar-refractivity contribution >= 4 is 39.1 Å². The van der Waals surface area contributed by atoms with Crippen LogP contribution in [0.1, 0.15) is 25.3 Å². The van der Waals surface area contributed by atoms with Gasteiger partial charge in [-0.1, -0.05) is 0 Å². The van der Waals surface area contributed by atoms with E-state index in [1.54, 1.807) is 13.0 Å². The molecule has 0 aliphatic carbocycles. The third kappa shape index (κ3) is 3.42. The summed E-state index contributed by atoms with van der Waals surface area (Å²) in [6.07, 6.45) is 2.48. The van der Waals surface area contributed by atoms with E-state index in [2.05, 4.69) is 28.2 Å². The lowest BCUT2D eigenvalue weighted by Crippen LogP contribution is -2.27. The van der Waals surface area contributed by atoms with E-state index in [1.165, 1.54) is 18.6 Å². The Morgan fingerprint density at radius 2 is 2.32 bits per heavy atom. The van der Waals surface area contributed by atoms with Crippen molar-refractivity contribution < 1.29 is 4.92 Å². The molecule has 1 heterocycles. The predicted molar refractivity (Wildman–Crippen MR) is 84.1 cm³/mol. The first-order valence-corrected chi connectivity index (χ1v) is 8.01. The zero-order valence-electron chi connectivity index (χ0n) is 11.0. The average molecular weight is 345 g/mol. The van der Waals surface area contributed by atoms with Crippen LogP contribution in [-0.4, -0.2) is 22.0 Å². The molecule has 0 aromatic heterocycles. The summed E-state index contributed by atoms with van der Waals surface area (Å²) in [7, 11) is 0. The number of rotatable bonds is 4. The van der Waals surface area contributed by atoms with Gasteiger partial charge in [0.15, 0.2) is 0 Å². The number of thioether (sulfide) groups is 1. The number of nitro benzene ring substituents is 1. The van der Waals surface area contributed by atoms with Gasteiger partial charge >= 0.3 is 0 Å². The van der Waals surface area contributed by atoms with Crippen LogP contribution in [0.3, 0.4) is 0 Å². The second-order valence-electron chi connectivity index (χ2n) is 5.13. The number of nitro groups is 1. The number of nitrogens with zero attached hydrogens (tertiary/aromatic N) is 1. The first-order valence-electron chi connectivity index (χ1n) is 6.24. The van der Waals surface area contributed by atoms with Gasteiger partial charge in [0.2, 0.25) is 0 Å². The minimum Gasteiger partial charge on any atom is -0.383 e. The van der Waals surface area contributed by atoms with Crippen molar-refractivity contribution in [3.8, 4) is 0 Å². The van der Waals surface area contributed by atoms with Crippen LogP contribution in [-0.2, 0) is 0 Å². The molecule has 0 spiro atoms. The van der Waals surface area contributed by atoms with Gasteiger partial charge in [-0.2, -0.15) is 11.8 Å². The summed E-state index contributed by atoms with van der Waals surface area (Å²) in [5.74, 6) is 1.22. The molecule has 1 aliphatic heterocycles. The molecule has 1 aliphatic rings. The number of halogens is 1. The molecule has 1 saturated heterocycles. The zero-order chi connectivity index (χ0) is 14.0. The Bertz CT molecular complexity index is 502. The first-order chi connectivity index (χ1) is 8.91. The molecule has 6 heteroatoms. The topological polar surface area (TPSA) is 55.2 Å². The van der Waals surface area contributed by atoms with Crippen molar-refractivity contribution in [3.05, 3.63) is 32.3 Å². The van der Waals surface area contributed by atoms with Crippen molar-refractivity contribution in [1.82, 2.24) is 0 Å². The Hall–Kier alpha value is -0.750. The van der Waals surface area contributed by atoms with Crippen LogP contribution in [0.2, 0.25) is 0 Å². The number of anilines is 1. The number of hydrogen-bond donors (Lipinski definition) is 1. The van der Waals surface area contributed by atoms with Crippen LogP contribution in [0.25, 0.3) is 0 Å². The molecule has 0 amide bonds.